The maximum absolute atomic E-state index is 13.6. The van der Waals surface area contributed by atoms with Crippen LogP contribution in [0.15, 0.2) is 59.8 Å². The van der Waals surface area contributed by atoms with Crippen LogP contribution in [0.3, 0.4) is 0 Å². The minimum absolute atomic E-state index is 0.0960. The van der Waals surface area contributed by atoms with Crippen LogP contribution in [-0.4, -0.2) is 62.2 Å². The monoisotopic (exact) mass is 502 g/mol. The number of nitrogens with zero attached hydrogens (tertiary/aromatic N) is 5. The van der Waals surface area contributed by atoms with Gasteiger partial charge >= 0.3 is 5.97 Å². The molecule has 3 aromatic heterocycles. The molecule has 0 radical (unpaired) electrons. The number of pyridine rings is 2. The summed E-state index contributed by atoms with van der Waals surface area (Å²) < 4.78 is 1.49. The van der Waals surface area contributed by atoms with Crippen molar-refractivity contribution in [1.29, 1.82) is 0 Å². The third-order valence-electron chi connectivity index (χ3n) is 5.73. The average Bonchev–Trinajstić information content (AvgIpc) is 2.89. The molecule has 0 atom stereocenters. The predicted octanol–water partition coefficient (Wildman–Crippen LogP) is 2.27. The molecular weight excluding hydrogens is 476 g/mol. The molecule has 4 aromatic rings. The molecule has 190 valence electrons. The predicted molar refractivity (Wildman–Crippen MR) is 138 cm³/mol. The number of aliphatic carboxylic acids is 1. The Kier molecular flexibility index (Phi) is 7.42. The first-order valence-corrected chi connectivity index (χ1v) is 11.6. The standard InChI is InChI=1S/C26H26N6O5/c1-31(2)26-29-12-17(13-30-26)18-11-19-20(32(25(18)37)15-16-7-4-3-5-8-16)14-28-22(23(19)35)24(36)27-10-6-9-21(33)34/h3-5,7-8,11-14,35H,6,9-10,15H2,1-2H3,(H,27,36)(H,33,34). The van der Waals surface area contributed by atoms with E-state index in [1.807, 2.05) is 30.3 Å². The number of hydrogen-bond donors (Lipinski definition) is 3. The molecular formula is C26H26N6O5. The SMILES string of the molecule is CN(C)c1ncc(-c2cc3c(O)c(C(=O)NCCCC(=O)O)ncc3n(Cc3ccccc3)c2=O)cn1. The van der Waals surface area contributed by atoms with Gasteiger partial charge in [-0.05, 0) is 18.1 Å². The minimum atomic E-state index is -0.965. The molecule has 1 amide bonds. The fraction of sp³-hybridized carbons (Fsp3) is 0.231. The van der Waals surface area contributed by atoms with Gasteiger partial charge in [0.25, 0.3) is 11.5 Å². The van der Waals surface area contributed by atoms with Gasteiger partial charge in [-0.25, -0.2) is 15.0 Å². The zero-order valence-electron chi connectivity index (χ0n) is 20.4. The van der Waals surface area contributed by atoms with E-state index >= 15 is 0 Å². The first-order valence-electron chi connectivity index (χ1n) is 11.6. The number of hydrogen-bond acceptors (Lipinski definition) is 8. The summed E-state index contributed by atoms with van der Waals surface area (Å²) in [6.07, 6.45) is 4.58. The van der Waals surface area contributed by atoms with Crippen LogP contribution < -0.4 is 15.8 Å². The van der Waals surface area contributed by atoms with Gasteiger partial charge in [0.1, 0.15) is 0 Å². The van der Waals surface area contributed by atoms with Gasteiger partial charge in [-0.1, -0.05) is 30.3 Å². The van der Waals surface area contributed by atoms with Crippen LogP contribution >= 0.6 is 0 Å². The number of carbonyl (C=O) groups excluding carboxylic acids is 1. The van der Waals surface area contributed by atoms with E-state index in [1.54, 1.807) is 19.0 Å². The van der Waals surface area contributed by atoms with E-state index in [1.165, 1.54) is 29.2 Å². The third-order valence-corrected chi connectivity index (χ3v) is 5.73. The van der Waals surface area contributed by atoms with Crippen LogP contribution in [0.4, 0.5) is 5.95 Å². The number of rotatable bonds is 9. The van der Waals surface area contributed by atoms with Crippen LogP contribution in [0.5, 0.6) is 5.75 Å². The molecule has 0 saturated carbocycles. The Hall–Kier alpha value is -4.80. The molecule has 11 heteroatoms. The second kappa shape index (κ2) is 10.9. The lowest BCUT2D eigenvalue weighted by Gasteiger charge is -2.16. The fourth-order valence-electron chi connectivity index (χ4n) is 3.84. The highest BCUT2D eigenvalue weighted by Crippen LogP contribution is 2.30. The minimum Gasteiger partial charge on any atom is -0.505 e. The van der Waals surface area contributed by atoms with Gasteiger partial charge in [0.05, 0.1) is 23.8 Å². The number of nitrogens with one attached hydrogen (secondary N) is 1. The summed E-state index contributed by atoms with van der Waals surface area (Å²) in [4.78, 5) is 51.5. The molecule has 0 aliphatic heterocycles. The molecule has 0 aliphatic rings. The van der Waals surface area contributed by atoms with Crippen molar-refractivity contribution in [3.63, 3.8) is 0 Å². The molecule has 0 bridgehead atoms. The highest BCUT2D eigenvalue weighted by atomic mass is 16.4. The average molecular weight is 503 g/mol. The van der Waals surface area contributed by atoms with E-state index < -0.39 is 11.9 Å². The Labute approximate surface area is 212 Å². The van der Waals surface area contributed by atoms with Gasteiger partial charge in [0.2, 0.25) is 5.95 Å². The lowest BCUT2D eigenvalue weighted by molar-refractivity contribution is -0.137. The van der Waals surface area contributed by atoms with E-state index in [9.17, 15) is 19.5 Å². The number of anilines is 1. The van der Waals surface area contributed by atoms with Crippen LogP contribution in [0.1, 0.15) is 28.9 Å². The van der Waals surface area contributed by atoms with Crippen molar-refractivity contribution in [2.45, 2.75) is 19.4 Å². The summed E-state index contributed by atoms with van der Waals surface area (Å²) >= 11 is 0. The summed E-state index contributed by atoms with van der Waals surface area (Å²) in [6, 6.07) is 10.9. The van der Waals surface area contributed by atoms with Gasteiger partial charge in [-0.15, -0.1) is 0 Å². The molecule has 3 heterocycles. The fourth-order valence-corrected chi connectivity index (χ4v) is 3.84. The first kappa shape index (κ1) is 25.3. The van der Waals surface area contributed by atoms with Crippen molar-refractivity contribution >= 4 is 28.7 Å². The Morgan fingerprint density at radius 1 is 1.05 bits per heavy atom. The van der Waals surface area contributed by atoms with E-state index in [2.05, 4.69) is 20.3 Å². The lowest BCUT2D eigenvalue weighted by Crippen LogP contribution is -2.27. The number of benzene rings is 1. The number of aromatic nitrogens is 4. The summed E-state index contributed by atoms with van der Waals surface area (Å²) in [5.41, 5.74) is 1.37. The number of carboxylic acids is 1. The molecule has 0 saturated heterocycles. The maximum Gasteiger partial charge on any atom is 0.303 e. The van der Waals surface area contributed by atoms with E-state index in [0.717, 1.165) is 5.56 Å². The van der Waals surface area contributed by atoms with Crippen LogP contribution in [0.25, 0.3) is 22.0 Å². The van der Waals surface area contributed by atoms with Gasteiger partial charge in [0, 0.05) is 50.4 Å². The number of fused-ring (bicyclic) bond motifs is 1. The third kappa shape index (κ3) is 5.56. The molecule has 0 spiro atoms. The molecule has 4 rings (SSSR count). The summed E-state index contributed by atoms with van der Waals surface area (Å²) in [6.45, 7) is 0.321. The van der Waals surface area contributed by atoms with E-state index in [-0.39, 0.29) is 53.9 Å². The van der Waals surface area contributed by atoms with Crippen LogP contribution in [-0.2, 0) is 11.3 Å². The topological polar surface area (TPSA) is 151 Å². The van der Waals surface area contributed by atoms with Gasteiger partial charge in [-0.2, -0.15) is 0 Å². The number of aromatic hydroxyl groups is 1. The summed E-state index contributed by atoms with van der Waals surface area (Å²) in [7, 11) is 3.61. The first-order chi connectivity index (χ1) is 17.8. The van der Waals surface area contributed by atoms with Crippen molar-refractivity contribution in [2.24, 2.45) is 0 Å². The van der Waals surface area contributed by atoms with Gasteiger partial charge < -0.3 is 25.0 Å². The van der Waals surface area contributed by atoms with Gasteiger partial charge in [0.15, 0.2) is 11.4 Å². The largest absolute Gasteiger partial charge is 0.505 e. The Bertz CT molecular complexity index is 1500. The molecule has 0 aliphatic carbocycles. The smallest absolute Gasteiger partial charge is 0.303 e. The summed E-state index contributed by atoms with van der Waals surface area (Å²) in [5, 5.41) is 22.7. The molecule has 37 heavy (non-hydrogen) atoms. The second-order valence-corrected chi connectivity index (χ2v) is 8.61. The second-order valence-electron chi connectivity index (χ2n) is 8.61. The van der Waals surface area contributed by atoms with E-state index in [4.69, 9.17) is 5.11 Å². The molecule has 11 nitrogen and oxygen atoms in total. The molecule has 0 fully saturated rings. The number of carbonyl (C=O) groups is 2. The van der Waals surface area contributed by atoms with Crippen molar-refractivity contribution in [2.75, 3.05) is 25.5 Å². The Morgan fingerprint density at radius 3 is 2.41 bits per heavy atom. The number of carboxylic acid groups (broad SMARTS) is 1. The summed E-state index contributed by atoms with van der Waals surface area (Å²) in [5.74, 6) is -1.52. The Balaban J connectivity index is 1.82. The lowest BCUT2D eigenvalue weighted by atomic mass is 10.1. The quantitative estimate of drug-likeness (QED) is 0.293. The molecule has 1 aromatic carbocycles. The highest BCUT2D eigenvalue weighted by Gasteiger charge is 2.20. The van der Waals surface area contributed by atoms with Crippen molar-refractivity contribution < 1.29 is 19.8 Å². The molecule has 3 N–H and O–H groups in total. The maximum atomic E-state index is 13.6. The number of amides is 1. The van der Waals surface area contributed by atoms with E-state index in [0.29, 0.717) is 17.0 Å². The van der Waals surface area contributed by atoms with Crippen LogP contribution in [0.2, 0.25) is 0 Å². The molecule has 0 unspecified atom stereocenters. The van der Waals surface area contributed by atoms with Crippen LogP contribution in [0, 0.1) is 0 Å². The van der Waals surface area contributed by atoms with Crippen molar-refractivity contribution in [1.82, 2.24) is 24.8 Å². The van der Waals surface area contributed by atoms with Crippen molar-refractivity contribution in [3.8, 4) is 16.9 Å². The Morgan fingerprint density at radius 2 is 1.76 bits per heavy atom. The normalized spacial score (nSPS) is 10.9. The van der Waals surface area contributed by atoms with Crippen molar-refractivity contribution in [3.05, 3.63) is 76.6 Å². The van der Waals surface area contributed by atoms with Gasteiger partial charge in [-0.3, -0.25) is 14.4 Å². The zero-order valence-corrected chi connectivity index (χ0v) is 20.4. The zero-order chi connectivity index (χ0) is 26.5. The highest BCUT2D eigenvalue weighted by molar-refractivity contribution is 6.01.